The number of benzene rings is 1. The minimum Gasteiger partial charge on any atom is -0.350 e. The molecule has 3 rings (SSSR count). The summed E-state index contributed by atoms with van der Waals surface area (Å²) in [5.41, 5.74) is -3.15. The number of carbonyl (C=O) groups is 1. The molecule has 0 spiro atoms. The van der Waals surface area contributed by atoms with Crippen LogP contribution in [0.15, 0.2) is 18.2 Å². The van der Waals surface area contributed by atoms with Gasteiger partial charge in [-0.05, 0) is 44.4 Å². The highest BCUT2D eigenvalue weighted by Gasteiger charge is 2.49. The van der Waals surface area contributed by atoms with E-state index in [1.165, 1.54) is 11.2 Å². The Hall–Kier alpha value is -1.86. The van der Waals surface area contributed by atoms with Crippen LogP contribution in [0.25, 0.3) is 0 Å². The first-order chi connectivity index (χ1) is 16.6. The lowest BCUT2D eigenvalue weighted by Crippen LogP contribution is -2.66. The number of carbonyl (C=O) groups excluding carboxylic acids is 1. The molecule has 1 aromatic carbocycles. The van der Waals surface area contributed by atoms with E-state index in [4.69, 9.17) is 0 Å². The monoisotopic (exact) mass is 543 g/mol. The molecule has 1 aliphatic carbocycles. The van der Waals surface area contributed by atoms with Gasteiger partial charge in [0, 0.05) is 50.6 Å². The Morgan fingerprint density at radius 2 is 1.78 bits per heavy atom. The Labute approximate surface area is 207 Å². The fourth-order valence-corrected chi connectivity index (χ4v) is 6.33. The molecule has 2 aliphatic rings. The van der Waals surface area contributed by atoms with Crippen LogP contribution in [0.3, 0.4) is 0 Å². The Balaban J connectivity index is 1.85. The number of hydrogen-bond donors (Lipinski definition) is 1. The highest BCUT2D eigenvalue weighted by Crippen LogP contribution is 2.43. The molecule has 1 atom stereocenters. The zero-order valence-electron chi connectivity index (χ0n) is 20.2. The van der Waals surface area contributed by atoms with E-state index >= 15 is 0 Å². The second-order valence-electron chi connectivity index (χ2n) is 9.58. The molecule has 1 N–H and O–H groups in total. The van der Waals surface area contributed by atoms with Crippen LogP contribution in [-0.2, 0) is 22.9 Å². The van der Waals surface area contributed by atoms with Crippen molar-refractivity contribution in [3.05, 3.63) is 34.9 Å². The van der Waals surface area contributed by atoms with Gasteiger partial charge in [0.15, 0.2) is 0 Å². The van der Waals surface area contributed by atoms with Crippen molar-refractivity contribution in [3.63, 3.8) is 0 Å². The third-order valence-corrected chi connectivity index (χ3v) is 9.08. The van der Waals surface area contributed by atoms with Crippen LogP contribution in [0.2, 0.25) is 0 Å². The third kappa shape index (κ3) is 6.16. The summed E-state index contributed by atoms with van der Waals surface area (Å²) in [6.07, 6.45) is -5.84. The number of amides is 1. The molecule has 204 valence electrons. The van der Waals surface area contributed by atoms with Crippen LogP contribution in [0.5, 0.6) is 0 Å². The number of nitrogens with one attached hydrogen (secondary N) is 1. The maximum Gasteiger partial charge on any atom is 0.417 e. The van der Waals surface area contributed by atoms with E-state index in [9.17, 15) is 39.6 Å². The first-order valence-corrected chi connectivity index (χ1v) is 13.4. The van der Waals surface area contributed by atoms with Gasteiger partial charge in [0.05, 0.1) is 16.9 Å². The van der Waals surface area contributed by atoms with Crippen LogP contribution in [0, 0.1) is 0 Å². The van der Waals surface area contributed by atoms with Crippen molar-refractivity contribution in [3.8, 4) is 0 Å². The van der Waals surface area contributed by atoms with Crippen molar-refractivity contribution < 1.29 is 39.6 Å². The normalized spacial score (nSPS) is 23.4. The minimum atomic E-state index is -4.89. The number of hydrogen-bond acceptors (Lipinski definition) is 4. The lowest BCUT2D eigenvalue weighted by Gasteiger charge is -2.53. The number of piperazine rings is 1. The van der Waals surface area contributed by atoms with Crippen molar-refractivity contribution in [2.45, 2.75) is 69.9 Å². The van der Waals surface area contributed by atoms with Gasteiger partial charge in [-0.1, -0.05) is 6.07 Å². The standard InChI is InChI=1S/C23H31F6N3O3S/c1-3-36(34,35)31-10-11-32(16(2)14-31)21(6-8-22(25,26)9-7-21)15-30-20(33)18-5-4-17(13-24)12-19(18)23(27,28)29/h4-5,12,16H,3,6-11,13-15H2,1-2H3,(H,30,33). The van der Waals surface area contributed by atoms with E-state index in [1.807, 2.05) is 4.90 Å². The highest BCUT2D eigenvalue weighted by atomic mass is 32.2. The third-order valence-electron chi connectivity index (χ3n) is 7.24. The van der Waals surface area contributed by atoms with Crippen LogP contribution in [0.1, 0.15) is 61.0 Å². The molecule has 36 heavy (non-hydrogen) atoms. The van der Waals surface area contributed by atoms with E-state index in [0.29, 0.717) is 6.07 Å². The topological polar surface area (TPSA) is 69.7 Å². The number of sulfonamides is 1. The molecule has 0 bridgehead atoms. The van der Waals surface area contributed by atoms with Crippen molar-refractivity contribution in [2.75, 3.05) is 31.9 Å². The average molecular weight is 544 g/mol. The Bertz CT molecular complexity index is 1050. The summed E-state index contributed by atoms with van der Waals surface area (Å²) in [5.74, 6) is -4.00. The molecule has 0 radical (unpaired) electrons. The van der Waals surface area contributed by atoms with Crippen molar-refractivity contribution in [1.82, 2.24) is 14.5 Å². The maximum atomic E-state index is 14.0. The minimum absolute atomic E-state index is 0.0158. The smallest absolute Gasteiger partial charge is 0.350 e. The van der Waals surface area contributed by atoms with Crippen molar-refractivity contribution in [1.29, 1.82) is 0 Å². The molecule has 1 aromatic rings. The molecule has 1 heterocycles. The Morgan fingerprint density at radius 3 is 2.31 bits per heavy atom. The maximum absolute atomic E-state index is 14.0. The predicted octanol–water partition coefficient (Wildman–Crippen LogP) is 4.21. The molecule has 2 fully saturated rings. The lowest BCUT2D eigenvalue weighted by atomic mass is 9.77. The van der Waals surface area contributed by atoms with E-state index < -0.39 is 64.2 Å². The molecule has 1 saturated carbocycles. The van der Waals surface area contributed by atoms with E-state index in [1.54, 1.807) is 6.92 Å². The summed E-state index contributed by atoms with van der Waals surface area (Å²) in [4.78, 5) is 14.8. The summed E-state index contributed by atoms with van der Waals surface area (Å²) < 4.78 is 108. The second-order valence-corrected chi connectivity index (χ2v) is 11.8. The number of alkyl halides is 6. The van der Waals surface area contributed by atoms with E-state index in [-0.39, 0.29) is 56.4 Å². The molecule has 6 nitrogen and oxygen atoms in total. The molecule has 1 unspecified atom stereocenters. The molecule has 0 aromatic heterocycles. The zero-order chi connectivity index (χ0) is 26.9. The van der Waals surface area contributed by atoms with Gasteiger partial charge in [0.2, 0.25) is 15.9 Å². The molecule has 1 saturated heterocycles. The molecule has 1 amide bonds. The van der Waals surface area contributed by atoms with Gasteiger partial charge in [-0.15, -0.1) is 0 Å². The number of nitrogens with zero attached hydrogens (tertiary/aromatic N) is 2. The van der Waals surface area contributed by atoms with Crippen molar-refractivity contribution in [2.24, 2.45) is 0 Å². The Morgan fingerprint density at radius 1 is 1.14 bits per heavy atom. The van der Waals surface area contributed by atoms with E-state index in [0.717, 1.165) is 12.1 Å². The Kier molecular flexibility index (Phi) is 8.36. The number of halogens is 6. The number of rotatable bonds is 7. The van der Waals surface area contributed by atoms with Crippen LogP contribution >= 0.6 is 0 Å². The summed E-state index contributed by atoms with van der Waals surface area (Å²) >= 11 is 0. The van der Waals surface area contributed by atoms with Gasteiger partial charge in [-0.2, -0.15) is 17.5 Å². The first kappa shape index (κ1) is 28.7. The van der Waals surface area contributed by atoms with Gasteiger partial charge in [-0.25, -0.2) is 21.6 Å². The van der Waals surface area contributed by atoms with Gasteiger partial charge in [0.1, 0.15) is 6.67 Å². The largest absolute Gasteiger partial charge is 0.417 e. The van der Waals surface area contributed by atoms with E-state index in [2.05, 4.69) is 5.32 Å². The van der Waals surface area contributed by atoms with Crippen LogP contribution < -0.4 is 5.32 Å². The molecule has 1 aliphatic heterocycles. The van der Waals surface area contributed by atoms with Crippen molar-refractivity contribution >= 4 is 15.9 Å². The van der Waals surface area contributed by atoms with Crippen LogP contribution in [0.4, 0.5) is 26.3 Å². The summed E-state index contributed by atoms with van der Waals surface area (Å²) in [6, 6.07) is 2.22. The predicted molar refractivity (Wildman–Crippen MR) is 122 cm³/mol. The van der Waals surface area contributed by atoms with Gasteiger partial charge < -0.3 is 5.32 Å². The fourth-order valence-electron chi connectivity index (χ4n) is 5.16. The quantitative estimate of drug-likeness (QED) is 0.524. The lowest BCUT2D eigenvalue weighted by molar-refractivity contribution is -0.138. The molecular formula is C23H31F6N3O3S. The highest BCUT2D eigenvalue weighted by molar-refractivity contribution is 7.89. The first-order valence-electron chi connectivity index (χ1n) is 11.8. The second kappa shape index (κ2) is 10.5. The molecular weight excluding hydrogens is 512 g/mol. The summed E-state index contributed by atoms with van der Waals surface area (Å²) in [5, 5.41) is 2.51. The molecule has 13 heteroatoms. The summed E-state index contributed by atoms with van der Waals surface area (Å²) in [7, 11) is -3.45. The average Bonchev–Trinajstić information content (AvgIpc) is 2.82. The SMILES string of the molecule is CCS(=O)(=O)N1CCN(C2(CNC(=O)c3ccc(CF)cc3C(F)(F)F)CCC(F)(F)CC2)C(C)C1. The van der Waals surface area contributed by atoms with Gasteiger partial charge >= 0.3 is 6.18 Å². The zero-order valence-corrected chi connectivity index (χ0v) is 21.0. The van der Waals surface area contributed by atoms with Gasteiger partial charge in [0.25, 0.3) is 5.91 Å². The fraction of sp³-hybridized carbons (Fsp3) is 0.696. The summed E-state index contributed by atoms with van der Waals surface area (Å²) in [6.45, 7) is 2.52. The van der Waals surface area contributed by atoms with Crippen LogP contribution in [-0.4, -0.2) is 73.0 Å². The van der Waals surface area contributed by atoms with Gasteiger partial charge in [-0.3, -0.25) is 9.69 Å².